The summed E-state index contributed by atoms with van der Waals surface area (Å²) in [5, 5.41) is 0. The number of benzene rings is 1. The van der Waals surface area contributed by atoms with E-state index in [2.05, 4.69) is 4.40 Å². The molecule has 2 rings (SSSR count). The summed E-state index contributed by atoms with van der Waals surface area (Å²) < 4.78 is 33.2. The lowest BCUT2D eigenvalue weighted by Crippen LogP contribution is -2.03. The molecule has 4 nitrogen and oxygen atoms in total. The Morgan fingerprint density at radius 3 is 2.32 bits per heavy atom. The summed E-state index contributed by atoms with van der Waals surface area (Å²) in [6.07, 6.45) is 2.68. The van der Waals surface area contributed by atoms with Crippen LogP contribution in [0.4, 0.5) is 0 Å². The van der Waals surface area contributed by atoms with E-state index in [0.717, 1.165) is 5.56 Å². The third-order valence-corrected chi connectivity index (χ3v) is 4.27. The molecule has 1 aromatic heterocycles. The van der Waals surface area contributed by atoms with Gasteiger partial charge in [0.2, 0.25) is 0 Å². The predicted octanol–water partition coefficient (Wildman–Crippen LogP) is 3.01. The van der Waals surface area contributed by atoms with Crippen molar-refractivity contribution in [2.24, 2.45) is 4.40 Å². The highest BCUT2D eigenvalue weighted by atomic mass is 32.2. The standard InChI is InChI=1S/C14H15NO3S/c1-10-7-11(2)14(12(3)8-10)19(16,17)15-9-13-5-4-6-18-13/h4-9H,1-3H3/b15-9+. The van der Waals surface area contributed by atoms with Crippen molar-refractivity contribution in [1.82, 2.24) is 0 Å². The Kier molecular flexibility index (Phi) is 3.57. The molecule has 0 saturated carbocycles. The molecule has 0 fully saturated rings. The van der Waals surface area contributed by atoms with Crippen molar-refractivity contribution < 1.29 is 12.8 Å². The second kappa shape index (κ2) is 5.01. The molecule has 0 aliphatic rings. The normalized spacial score (nSPS) is 12.2. The minimum absolute atomic E-state index is 0.265. The molecule has 2 aromatic rings. The van der Waals surface area contributed by atoms with Gasteiger partial charge in [-0.15, -0.1) is 0 Å². The van der Waals surface area contributed by atoms with Gasteiger partial charge in [0.25, 0.3) is 10.0 Å². The van der Waals surface area contributed by atoms with Crippen molar-refractivity contribution in [3.05, 3.63) is 53.0 Å². The molecule has 0 aliphatic heterocycles. The van der Waals surface area contributed by atoms with E-state index in [1.807, 2.05) is 19.1 Å². The lowest BCUT2D eigenvalue weighted by atomic mass is 10.1. The van der Waals surface area contributed by atoms with Gasteiger partial charge in [0.1, 0.15) is 5.76 Å². The maximum absolute atomic E-state index is 12.2. The van der Waals surface area contributed by atoms with Crippen LogP contribution in [0, 0.1) is 20.8 Å². The number of furan rings is 1. The molecule has 0 radical (unpaired) electrons. The molecule has 0 bridgehead atoms. The first-order chi connectivity index (χ1) is 8.90. The van der Waals surface area contributed by atoms with Crippen molar-refractivity contribution >= 4 is 16.2 Å². The number of sulfonamides is 1. The summed E-state index contributed by atoms with van der Waals surface area (Å²) in [7, 11) is -3.71. The summed E-state index contributed by atoms with van der Waals surface area (Å²) >= 11 is 0. The first kappa shape index (κ1) is 13.5. The largest absolute Gasteiger partial charge is 0.463 e. The molecule has 0 unspecified atom stereocenters. The zero-order chi connectivity index (χ0) is 14.0. The molecule has 0 aliphatic carbocycles. The van der Waals surface area contributed by atoms with Crippen molar-refractivity contribution in [2.45, 2.75) is 25.7 Å². The molecular formula is C14H15NO3S. The van der Waals surface area contributed by atoms with Gasteiger partial charge in [-0.2, -0.15) is 12.8 Å². The number of aryl methyl sites for hydroxylation is 3. The third-order valence-electron chi connectivity index (χ3n) is 2.72. The molecule has 0 spiro atoms. The van der Waals surface area contributed by atoms with Crippen LogP contribution in [0.1, 0.15) is 22.5 Å². The van der Waals surface area contributed by atoms with Crippen LogP contribution in [-0.4, -0.2) is 14.6 Å². The van der Waals surface area contributed by atoms with Gasteiger partial charge in [-0.05, 0) is 44.0 Å². The second-order valence-electron chi connectivity index (χ2n) is 4.45. The molecule has 5 heteroatoms. The molecule has 100 valence electrons. The quantitative estimate of drug-likeness (QED) is 0.810. The summed E-state index contributed by atoms with van der Waals surface area (Å²) in [4.78, 5) is 0.265. The van der Waals surface area contributed by atoms with Gasteiger partial charge in [-0.1, -0.05) is 17.7 Å². The van der Waals surface area contributed by atoms with Crippen LogP contribution in [0.25, 0.3) is 0 Å². The molecule has 0 amide bonds. The van der Waals surface area contributed by atoms with Crippen molar-refractivity contribution in [3.63, 3.8) is 0 Å². The van der Waals surface area contributed by atoms with E-state index in [9.17, 15) is 8.42 Å². The zero-order valence-corrected chi connectivity index (χ0v) is 11.9. The SMILES string of the molecule is Cc1cc(C)c(S(=O)(=O)/N=C/c2ccco2)c(C)c1. The third kappa shape index (κ3) is 2.93. The maximum Gasteiger partial charge on any atom is 0.282 e. The van der Waals surface area contributed by atoms with E-state index < -0.39 is 10.0 Å². The van der Waals surface area contributed by atoms with Crippen LogP contribution < -0.4 is 0 Å². The number of hydrogen-bond donors (Lipinski definition) is 0. The number of rotatable bonds is 3. The Hall–Kier alpha value is -1.88. The average molecular weight is 277 g/mol. The lowest BCUT2D eigenvalue weighted by Gasteiger charge is -2.08. The van der Waals surface area contributed by atoms with Crippen LogP contribution in [-0.2, 0) is 10.0 Å². The van der Waals surface area contributed by atoms with E-state index in [-0.39, 0.29) is 4.90 Å². The van der Waals surface area contributed by atoms with Gasteiger partial charge in [-0.3, -0.25) is 0 Å². The Bertz CT molecular complexity index is 690. The molecular weight excluding hydrogens is 262 g/mol. The van der Waals surface area contributed by atoms with Crippen LogP contribution >= 0.6 is 0 Å². The van der Waals surface area contributed by atoms with E-state index in [4.69, 9.17) is 4.42 Å². The highest BCUT2D eigenvalue weighted by Crippen LogP contribution is 2.23. The summed E-state index contributed by atoms with van der Waals surface area (Å²) in [5.74, 6) is 0.408. The van der Waals surface area contributed by atoms with Gasteiger partial charge in [0.15, 0.2) is 0 Å². The second-order valence-corrected chi connectivity index (χ2v) is 6.02. The fourth-order valence-corrected chi connectivity index (χ4v) is 3.39. The topological polar surface area (TPSA) is 59.6 Å². The Morgan fingerprint density at radius 2 is 1.79 bits per heavy atom. The van der Waals surface area contributed by atoms with E-state index >= 15 is 0 Å². The van der Waals surface area contributed by atoms with Crippen molar-refractivity contribution in [3.8, 4) is 0 Å². The Morgan fingerprint density at radius 1 is 1.16 bits per heavy atom. The van der Waals surface area contributed by atoms with Gasteiger partial charge < -0.3 is 4.42 Å². The molecule has 0 atom stereocenters. The number of nitrogens with zero attached hydrogens (tertiary/aromatic N) is 1. The molecule has 0 saturated heterocycles. The highest BCUT2D eigenvalue weighted by molar-refractivity contribution is 7.90. The van der Waals surface area contributed by atoms with E-state index in [0.29, 0.717) is 16.9 Å². The van der Waals surface area contributed by atoms with Crippen LogP contribution in [0.5, 0.6) is 0 Å². The minimum atomic E-state index is -3.71. The van der Waals surface area contributed by atoms with Gasteiger partial charge in [-0.25, -0.2) is 0 Å². The zero-order valence-electron chi connectivity index (χ0n) is 11.0. The van der Waals surface area contributed by atoms with Gasteiger partial charge >= 0.3 is 0 Å². The molecule has 19 heavy (non-hydrogen) atoms. The van der Waals surface area contributed by atoms with Crippen LogP contribution in [0.15, 0.2) is 44.2 Å². The smallest absolute Gasteiger partial charge is 0.282 e. The highest BCUT2D eigenvalue weighted by Gasteiger charge is 2.18. The molecule has 1 aromatic carbocycles. The first-order valence-electron chi connectivity index (χ1n) is 5.82. The predicted molar refractivity (Wildman–Crippen MR) is 74.1 cm³/mol. The first-order valence-corrected chi connectivity index (χ1v) is 7.26. The lowest BCUT2D eigenvalue weighted by molar-refractivity contribution is 0.560. The minimum Gasteiger partial charge on any atom is -0.463 e. The van der Waals surface area contributed by atoms with E-state index in [1.54, 1.807) is 26.0 Å². The Labute approximate surface area is 112 Å². The van der Waals surface area contributed by atoms with Crippen molar-refractivity contribution in [2.75, 3.05) is 0 Å². The average Bonchev–Trinajstić information content (AvgIpc) is 2.77. The fourth-order valence-electron chi connectivity index (χ4n) is 2.11. The number of hydrogen-bond acceptors (Lipinski definition) is 3. The molecule has 0 N–H and O–H groups in total. The van der Waals surface area contributed by atoms with E-state index in [1.165, 1.54) is 12.5 Å². The maximum atomic E-state index is 12.2. The summed E-state index contributed by atoms with van der Waals surface area (Å²) in [6, 6.07) is 6.99. The van der Waals surface area contributed by atoms with Gasteiger partial charge in [0.05, 0.1) is 17.4 Å². The van der Waals surface area contributed by atoms with Gasteiger partial charge in [0, 0.05) is 0 Å². The molecule has 1 heterocycles. The monoisotopic (exact) mass is 277 g/mol. The Balaban J connectivity index is 2.46. The van der Waals surface area contributed by atoms with Crippen molar-refractivity contribution in [1.29, 1.82) is 0 Å². The van der Waals surface area contributed by atoms with Crippen LogP contribution in [0.3, 0.4) is 0 Å². The van der Waals surface area contributed by atoms with Crippen LogP contribution in [0.2, 0.25) is 0 Å². The summed E-state index contributed by atoms with van der Waals surface area (Å²) in [5.41, 5.74) is 2.44. The fraction of sp³-hybridized carbons (Fsp3) is 0.214. The summed E-state index contributed by atoms with van der Waals surface area (Å²) in [6.45, 7) is 5.48.